The maximum Gasteiger partial charge on any atom is 0.158 e. The normalized spacial score (nSPS) is 11.8. The van der Waals surface area contributed by atoms with Crippen molar-refractivity contribution < 1.29 is 4.74 Å². The number of halogens is 1. The van der Waals surface area contributed by atoms with Crippen LogP contribution in [-0.4, -0.2) is 29.7 Å². The van der Waals surface area contributed by atoms with E-state index in [2.05, 4.69) is 45.8 Å². The molecule has 0 radical (unpaired) electrons. The van der Waals surface area contributed by atoms with Crippen LogP contribution in [0.3, 0.4) is 0 Å². The molecule has 0 saturated heterocycles. The van der Waals surface area contributed by atoms with Gasteiger partial charge in [0.1, 0.15) is 5.69 Å². The van der Waals surface area contributed by atoms with E-state index in [1.165, 1.54) is 0 Å². The van der Waals surface area contributed by atoms with E-state index in [0.717, 1.165) is 28.5 Å². The van der Waals surface area contributed by atoms with E-state index in [1.807, 2.05) is 30.3 Å². The summed E-state index contributed by atoms with van der Waals surface area (Å²) in [7, 11) is -1.04. The van der Waals surface area contributed by atoms with E-state index in [0.29, 0.717) is 6.73 Å². The maximum atomic E-state index is 5.65. The molecule has 0 aliphatic rings. The molecule has 0 bridgehead atoms. The minimum atomic E-state index is -1.04. The van der Waals surface area contributed by atoms with Crippen LogP contribution in [0.25, 0.3) is 11.3 Å². The zero-order valence-electron chi connectivity index (χ0n) is 12.1. The molecule has 0 fully saturated rings. The second-order valence-electron chi connectivity index (χ2n) is 5.93. The van der Waals surface area contributed by atoms with Crippen molar-refractivity contribution in [2.45, 2.75) is 32.4 Å². The molecule has 1 aromatic carbocycles. The summed E-state index contributed by atoms with van der Waals surface area (Å²) in [6.45, 7) is 8.19. The topological polar surface area (TPSA) is 39.9 Å². The summed E-state index contributed by atoms with van der Waals surface area (Å²) >= 11 is 3.45. The Labute approximate surface area is 129 Å². The van der Waals surface area contributed by atoms with Gasteiger partial charge in [-0.25, -0.2) is 0 Å². The van der Waals surface area contributed by atoms with Crippen molar-refractivity contribution in [3.05, 3.63) is 34.9 Å². The van der Waals surface area contributed by atoms with Gasteiger partial charge < -0.3 is 4.74 Å². The fraction of sp³-hybridized carbons (Fsp3) is 0.429. The van der Waals surface area contributed by atoms with Crippen LogP contribution < -0.4 is 0 Å². The average Bonchev–Trinajstić information content (AvgIpc) is 2.76. The lowest BCUT2D eigenvalue weighted by Gasteiger charge is -2.14. The molecule has 1 heterocycles. The van der Waals surface area contributed by atoms with Crippen LogP contribution in [0.5, 0.6) is 0 Å². The quantitative estimate of drug-likeness (QED) is 0.581. The molecule has 1 aromatic heterocycles. The summed E-state index contributed by atoms with van der Waals surface area (Å²) in [5, 5.41) is 8.79. The van der Waals surface area contributed by atoms with Gasteiger partial charge in [0.2, 0.25) is 0 Å². The Balaban J connectivity index is 1.95. The number of rotatable bonds is 6. The van der Waals surface area contributed by atoms with Gasteiger partial charge in [-0.3, -0.25) is 0 Å². The van der Waals surface area contributed by atoms with Gasteiger partial charge in [0.25, 0.3) is 0 Å². The molecule has 0 amide bonds. The third-order valence-electron chi connectivity index (χ3n) is 2.86. The van der Waals surface area contributed by atoms with Crippen LogP contribution in [0.2, 0.25) is 25.7 Å². The number of hydrogen-bond donors (Lipinski definition) is 0. The number of benzene rings is 1. The lowest BCUT2D eigenvalue weighted by molar-refractivity contribution is 0.0684. The second-order valence-corrected chi connectivity index (χ2v) is 12.3. The highest BCUT2D eigenvalue weighted by Crippen LogP contribution is 2.23. The van der Waals surface area contributed by atoms with Crippen molar-refractivity contribution in [1.29, 1.82) is 0 Å². The molecule has 0 aliphatic heterocycles. The van der Waals surface area contributed by atoms with E-state index < -0.39 is 8.07 Å². The molecule has 0 spiro atoms. The molecular weight excluding hydrogens is 334 g/mol. The summed E-state index contributed by atoms with van der Waals surface area (Å²) in [4.78, 5) is 1.59. The summed E-state index contributed by atoms with van der Waals surface area (Å²) in [5.74, 6) is 0. The Morgan fingerprint density at radius 3 is 2.50 bits per heavy atom. The van der Waals surface area contributed by atoms with Crippen molar-refractivity contribution in [2.24, 2.45) is 0 Å². The van der Waals surface area contributed by atoms with Gasteiger partial charge in [-0.1, -0.05) is 50.0 Å². The Bertz CT molecular complexity index is 551. The number of nitrogens with zero attached hydrogens (tertiary/aromatic N) is 3. The predicted molar refractivity (Wildman–Crippen MR) is 87.3 cm³/mol. The highest BCUT2D eigenvalue weighted by molar-refractivity contribution is 9.10. The van der Waals surface area contributed by atoms with Crippen LogP contribution in [0, 0.1) is 0 Å². The molecular formula is C14H20BrN3OSi. The van der Waals surface area contributed by atoms with Crippen LogP contribution in [0.1, 0.15) is 0 Å². The molecule has 6 heteroatoms. The van der Waals surface area contributed by atoms with Gasteiger partial charge in [0, 0.05) is 20.2 Å². The monoisotopic (exact) mass is 353 g/mol. The minimum Gasteiger partial charge on any atom is -0.358 e. The van der Waals surface area contributed by atoms with Crippen LogP contribution in [0.4, 0.5) is 0 Å². The minimum absolute atomic E-state index is 0.399. The standard InChI is InChI=1S/C14H20BrN3OSi/c1-20(2,3)10-9-19-11-18-16-13(14(15)17-18)12-7-5-4-6-8-12/h4-8H,9-11H2,1-3H3. The molecule has 0 aliphatic carbocycles. The van der Waals surface area contributed by atoms with Gasteiger partial charge in [0.15, 0.2) is 11.3 Å². The molecule has 0 unspecified atom stereocenters. The molecule has 0 N–H and O–H groups in total. The first kappa shape index (κ1) is 15.4. The first-order valence-electron chi connectivity index (χ1n) is 6.69. The van der Waals surface area contributed by atoms with Crippen molar-refractivity contribution >= 4 is 24.0 Å². The van der Waals surface area contributed by atoms with Gasteiger partial charge in [-0.2, -0.15) is 4.80 Å². The first-order valence-corrected chi connectivity index (χ1v) is 11.2. The number of hydrogen-bond acceptors (Lipinski definition) is 3. The van der Waals surface area contributed by atoms with Crippen molar-refractivity contribution in [1.82, 2.24) is 15.0 Å². The van der Waals surface area contributed by atoms with Crippen LogP contribution in [0.15, 0.2) is 34.9 Å². The number of ether oxygens (including phenoxy) is 1. The summed E-state index contributed by atoms with van der Waals surface area (Å²) in [6, 6.07) is 11.2. The van der Waals surface area contributed by atoms with Gasteiger partial charge in [-0.05, 0) is 22.0 Å². The summed E-state index contributed by atoms with van der Waals surface area (Å²) < 4.78 is 6.40. The molecule has 2 rings (SSSR count). The third-order valence-corrected chi connectivity index (χ3v) is 5.10. The van der Waals surface area contributed by atoms with Crippen molar-refractivity contribution in [3.8, 4) is 11.3 Å². The maximum absolute atomic E-state index is 5.65. The lowest BCUT2D eigenvalue weighted by atomic mass is 10.2. The summed E-state index contributed by atoms with van der Waals surface area (Å²) in [6.07, 6.45) is 0. The molecule has 20 heavy (non-hydrogen) atoms. The van der Waals surface area contributed by atoms with Crippen LogP contribution >= 0.6 is 15.9 Å². The van der Waals surface area contributed by atoms with Gasteiger partial charge in [0.05, 0.1) is 0 Å². The van der Waals surface area contributed by atoms with Gasteiger partial charge in [-0.15, -0.1) is 10.2 Å². The van der Waals surface area contributed by atoms with Crippen LogP contribution in [-0.2, 0) is 11.5 Å². The molecule has 2 aromatic rings. The van der Waals surface area contributed by atoms with E-state index in [4.69, 9.17) is 4.74 Å². The van der Waals surface area contributed by atoms with E-state index in [9.17, 15) is 0 Å². The Kier molecular flexibility index (Phi) is 5.12. The Morgan fingerprint density at radius 1 is 1.15 bits per heavy atom. The van der Waals surface area contributed by atoms with Crippen molar-refractivity contribution in [2.75, 3.05) is 6.61 Å². The van der Waals surface area contributed by atoms with E-state index in [-0.39, 0.29) is 0 Å². The molecule has 0 atom stereocenters. The molecule has 0 saturated carbocycles. The Morgan fingerprint density at radius 2 is 1.85 bits per heavy atom. The SMILES string of the molecule is C[Si](C)(C)CCOCn1nc(Br)c(-c2ccccc2)n1. The highest BCUT2D eigenvalue weighted by Gasteiger charge is 2.13. The second kappa shape index (κ2) is 6.65. The molecule has 108 valence electrons. The van der Waals surface area contributed by atoms with E-state index >= 15 is 0 Å². The predicted octanol–water partition coefficient (Wildman–Crippen LogP) is 4.02. The largest absolute Gasteiger partial charge is 0.358 e. The van der Waals surface area contributed by atoms with E-state index in [1.54, 1.807) is 4.80 Å². The number of aromatic nitrogens is 3. The zero-order valence-corrected chi connectivity index (χ0v) is 14.7. The lowest BCUT2D eigenvalue weighted by Crippen LogP contribution is -2.22. The van der Waals surface area contributed by atoms with Crippen molar-refractivity contribution in [3.63, 3.8) is 0 Å². The smallest absolute Gasteiger partial charge is 0.158 e. The Hall–Kier alpha value is -0.983. The average molecular weight is 354 g/mol. The zero-order chi connectivity index (χ0) is 14.6. The van der Waals surface area contributed by atoms with Gasteiger partial charge >= 0.3 is 0 Å². The molecule has 4 nitrogen and oxygen atoms in total. The highest BCUT2D eigenvalue weighted by atomic mass is 79.9. The third kappa shape index (κ3) is 4.54. The fourth-order valence-electron chi connectivity index (χ4n) is 1.68. The first-order chi connectivity index (χ1) is 9.46. The summed E-state index contributed by atoms with van der Waals surface area (Å²) in [5.41, 5.74) is 1.90. The fourth-order valence-corrected chi connectivity index (χ4v) is 2.93.